The Kier molecular flexibility index (Phi) is 5.24. The van der Waals surface area contributed by atoms with Crippen molar-refractivity contribution in [1.82, 2.24) is 9.80 Å². The van der Waals surface area contributed by atoms with E-state index >= 15 is 0 Å². The van der Waals surface area contributed by atoms with E-state index in [0.717, 1.165) is 25.3 Å². The average molecular weight is 387 g/mol. The minimum Gasteiger partial charge on any atom is -0.497 e. The Morgan fingerprint density at radius 3 is 2.50 bits per heavy atom. The van der Waals surface area contributed by atoms with E-state index in [0.29, 0.717) is 9.96 Å². The molecule has 3 aliphatic heterocycles. The topological polar surface area (TPSA) is 15.7 Å². The number of ether oxygens (including phenoxy) is 1. The van der Waals surface area contributed by atoms with Crippen LogP contribution >= 0.6 is 23.5 Å². The Balaban J connectivity index is 1.66. The molecule has 2 bridgehead atoms. The van der Waals surface area contributed by atoms with Gasteiger partial charge in [0.05, 0.1) is 21.9 Å². The van der Waals surface area contributed by atoms with Crippen LogP contribution in [-0.2, 0) is 6.42 Å². The number of thioether (sulfide) groups is 2. The predicted molar refractivity (Wildman–Crippen MR) is 113 cm³/mol. The fraction of sp³-hybridized carbons (Fsp3) is 0.429. The molecule has 3 saturated heterocycles. The molecule has 3 aliphatic rings. The van der Waals surface area contributed by atoms with Crippen LogP contribution in [0.15, 0.2) is 54.6 Å². The molecule has 0 N–H and O–H groups in total. The highest BCUT2D eigenvalue weighted by molar-refractivity contribution is 8.17. The van der Waals surface area contributed by atoms with Gasteiger partial charge in [0, 0.05) is 19.5 Å². The third-order valence-corrected chi connectivity index (χ3v) is 8.91. The van der Waals surface area contributed by atoms with Gasteiger partial charge < -0.3 is 4.74 Å². The van der Waals surface area contributed by atoms with Gasteiger partial charge in [-0.15, -0.1) is 23.5 Å². The van der Waals surface area contributed by atoms with Gasteiger partial charge in [0.1, 0.15) is 5.75 Å². The van der Waals surface area contributed by atoms with Crippen LogP contribution in [0, 0.1) is 0 Å². The average Bonchev–Trinajstić information content (AvgIpc) is 2.88. The summed E-state index contributed by atoms with van der Waals surface area (Å²) in [5, 5.41) is 0.533. The monoisotopic (exact) mass is 386 g/mol. The quantitative estimate of drug-likeness (QED) is 0.775. The molecule has 0 amide bonds. The van der Waals surface area contributed by atoms with Gasteiger partial charge in [-0.05, 0) is 37.4 Å². The molecule has 26 heavy (non-hydrogen) atoms. The summed E-state index contributed by atoms with van der Waals surface area (Å²) >= 11 is 4.21. The lowest BCUT2D eigenvalue weighted by atomic mass is 10.0. The first-order valence-corrected chi connectivity index (χ1v) is 10.8. The molecular formula is C21H26N2OS2. The van der Waals surface area contributed by atoms with E-state index < -0.39 is 0 Å². The summed E-state index contributed by atoms with van der Waals surface area (Å²) in [6, 6.07) is 19.5. The van der Waals surface area contributed by atoms with Crippen molar-refractivity contribution in [3.05, 3.63) is 65.7 Å². The lowest BCUT2D eigenvalue weighted by Crippen LogP contribution is -2.60. The second kappa shape index (κ2) is 7.47. The summed E-state index contributed by atoms with van der Waals surface area (Å²) in [5.74, 6) is 0.925. The summed E-state index contributed by atoms with van der Waals surface area (Å²) in [4.78, 5) is 5.23. The summed E-state index contributed by atoms with van der Waals surface area (Å²) < 4.78 is 5.77. The number of nitrogens with zero attached hydrogens (tertiary/aromatic N) is 2. The van der Waals surface area contributed by atoms with Gasteiger partial charge in [0.15, 0.2) is 0 Å². The predicted octanol–water partition coefficient (Wildman–Crippen LogP) is 4.32. The molecule has 2 aromatic carbocycles. The number of likely N-dealkylation sites (N-methyl/N-ethyl adjacent to an activating group) is 2. The van der Waals surface area contributed by atoms with Crippen LogP contribution < -0.4 is 4.74 Å². The van der Waals surface area contributed by atoms with Gasteiger partial charge >= 0.3 is 0 Å². The zero-order valence-corrected chi connectivity index (χ0v) is 17.2. The molecule has 0 saturated carbocycles. The number of methoxy groups -OCH3 is 1. The van der Waals surface area contributed by atoms with Crippen molar-refractivity contribution in [2.24, 2.45) is 0 Å². The van der Waals surface area contributed by atoms with Crippen LogP contribution in [0.25, 0.3) is 0 Å². The van der Waals surface area contributed by atoms with E-state index in [1.54, 1.807) is 7.11 Å². The van der Waals surface area contributed by atoms with E-state index in [-0.39, 0.29) is 4.87 Å². The minimum absolute atomic E-state index is 0.0979. The van der Waals surface area contributed by atoms with Gasteiger partial charge in [0.25, 0.3) is 0 Å². The molecular weight excluding hydrogens is 360 g/mol. The molecule has 2 aromatic rings. The van der Waals surface area contributed by atoms with Crippen LogP contribution in [0.2, 0.25) is 0 Å². The first kappa shape index (κ1) is 18.2. The largest absolute Gasteiger partial charge is 0.497 e. The smallest absolute Gasteiger partial charge is 0.118 e. The van der Waals surface area contributed by atoms with Crippen molar-refractivity contribution in [2.45, 2.75) is 21.2 Å². The maximum absolute atomic E-state index is 5.34. The molecule has 3 nitrogen and oxygen atoms in total. The number of hydrogen-bond acceptors (Lipinski definition) is 5. The summed E-state index contributed by atoms with van der Waals surface area (Å²) in [5.41, 5.74) is 2.80. The van der Waals surface area contributed by atoms with Crippen LogP contribution in [0.4, 0.5) is 0 Å². The molecule has 0 aromatic heterocycles. The van der Waals surface area contributed by atoms with Crippen LogP contribution in [0.5, 0.6) is 5.75 Å². The molecule has 3 heterocycles. The molecule has 3 fully saturated rings. The first-order chi connectivity index (χ1) is 12.6. The van der Waals surface area contributed by atoms with Gasteiger partial charge in [-0.3, -0.25) is 9.80 Å². The molecule has 5 heteroatoms. The highest BCUT2D eigenvalue weighted by Gasteiger charge is 2.49. The molecule has 3 unspecified atom stereocenters. The fourth-order valence-corrected chi connectivity index (χ4v) is 7.66. The Morgan fingerprint density at radius 1 is 1.08 bits per heavy atom. The van der Waals surface area contributed by atoms with E-state index in [2.05, 4.69) is 102 Å². The maximum atomic E-state index is 5.34. The minimum atomic E-state index is 0.0979. The number of benzene rings is 2. The molecule has 0 radical (unpaired) electrons. The van der Waals surface area contributed by atoms with E-state index in [1.165, 1.54) is 11.1 Å². The van der Waals surface area contributed by atoms with Gasteiger partial charge in [-0.1, -0.05) is 42.5 Å². The van der Waals surface area contributed by atoms with E-state index in [1.807, 2.05) is 0 Å². The molecule has 138 valence electrons. The van der Waals surface area contributed by atoms with Crippen molar-refractivity contribution >= 4 is 23.5 Å². The van der Waals surface area contributed by atoms with E-state index in [4.69, 9.17) is 4.74 Å². The summed E-state index contributed by atoms with van der Waals surface area (Å²) in [6.07, 6.45) is 1.07. The lowest BCUT2D eigenvalue weighted by Gasteiger charge is -2.48. The van der Waals surface area contributed by atoms with Gasteiger partial charge in [-0.2, -0.15) is 0 Å². The Morgan fingerprint density at radius 2 is 1.81 bits per heavy atom. The molecule has 5 rings (SSSR count). The summed E-state index contributed by atoms with van der Waals surface area (Å²) in [6.45, 7) is 2.20. The SMILES string of the molecule is COc1ccc(C2SC3CN(C)C(Cc4ccccc4)(CN3C)S2)cc1. The summed E-state index contributed by atoms with van der Waals surface area (Å²) in [7, 11) is 6.30. The lowest BCUT2D eigenvalue weighted by molar-refractivity contribution is 0.0802. The third kappa shape index (κ3) is 3.50. The van der Waals surface area contributed by atoms with E-state index in [9.17, 15) is 0 Å². The Bertz CT molecular complexity index is 739. The zero-order valence-electron chi connectivity index (χ0n) is 15.6. The number of piperazine rings is 1. The molecule has 3 atom stereocenters. The van der Waals surface area contributed by atoms with Crippen LogP contribution in [0.1, 0.15) is 15.7 Å². The van der Waals surface area contributed by atoms with Gasteiger partial charge in [0.2, 0.25) is 0 Å². The van der Waals surface area contributed by atoms with Crippen LogP contribution in [0.3, 0.4) is 0 Å². The maximum Gasteiger partial charge on any atom is 0.118 e. The number of fused-ring (bicyclic) bond motifs is 4. The van der Waals surface area contributed by atoms with Crippen molar-refractivity contribution < 1.29 is 4.74 Å². The number of rotatable bonds is 4. The standard InChI is InChI=1S/C21H26N2OS2/c1-22-15-21(13-16-7-5-4-6-8-16)23(2)14-19(22)25-20(26-21)17-9-11-18(24-3)12-10-17/h4-12,19-20H,13-15H2,1-3H3. The van der Waals surface area contributed by atoms with Crippen molar-refractivity contribution in [3.63, 3.8) is 0 Å². The number of hydrogen-bond donors (Lipinski definition) is 0. The van der Waals surface area contributed by atoms with Crippen molar-refractivity contribution in [2.75, 3.05) is 34.3 Å². The first-order valence-electron chi connectivity index (χ1n) is 9.02. The fourth-order valence-electron chi connectivity index (χ4n) is 3.85. The highest BCUT2D eigenvalue weighted by Crippen LogP contribution is 2.56. The molecule has 0 aliphatic carbocycles. The normalized spacial score (nSPS) is 29.5. The van der Waals surface area contributed by atoms with Crippen LogP contribution in [-0.4, -0.2) is 54.3 Å². The van der Waals surface area contributed by atoms with Crippen molar-refractivity contribution in [3.8, 4) is 5.75 Å². The Labute approximate surface area is 165 Å². The third-order valence-electron chi connectivity index (χ3n) is 5.43. The highest BCUT2D eigenvalue weighted by atomic mass is 32.2. The Hall–Kier alpha value is -1.14. The second-order valence-corrected chi connectivity index (χ2v) is 10.3. The van der Waals surface area contributed by atoms with Gasteiger partial charge in [-0.25, -0.2) is 0 Å². The van der Waals surface area contributed by atoms with Crippen molar-refractivity contribution in [1.29, 1.82) is 0 Å². The second-order valence-electron chi connectivity index (χ2n) is 7.22. The molecule has 0 spiro atoms. The zero-order chi connectivity index (χ0) is 18.1.